The van der Waals surface area contributed by atoms with Crippen molar-refractivity contribution in [3.05, 3.63) is 16.8 Å². The molecule has 2 fully saturated rings. The lowest BCUT2D eigenvalue weighted by Gasteiger charge is -2.35. The highest BCUT2D eigenvalue weighted by Crippen LogP contribution is 2.33. The molecule has 0 bridgehead atoms. The number of nitrogens with one attached hydrogen (secondary N) is 2. The maximum absolute atomic E-state index is 13.0. The van der Waals surface area contributed by atoms with Gasteiger partial charge in [0.15, 0.2) is 0 Å². The Hall–Kier alpha value is -2.26. The largest absolute Gasteiger partial charge is 0.375 e. The van der Waals surface area contributed by atoms with Crippen LogP contribution in [-0.2, 0) is 9.53 Å². The predicted molar refractivity (Wildman–Crippen MR) is 122 cm³/mol. The summed E-state index contributed by atoms with van der Waals surface area (Å²) < 4.78 is 5.76. The number of aryl methyl sites for hydroxylation is 1. The van der Waals surface area contributed by atoms with Crippen molar-refractivity contribution >= 4 is 39.2 Å². The van der Waals surface area contributed by atoms with E-state index in [2.05, 4.69) is 34.4 Å². The molecule has 4 heterocycles. The van der Waals surface area contributed by atoms with Crippen LogP contribution in [0.5, 0.6) is 0 Å². The molecule has 0 unspecified atom stereocenters. The van der Waals surface area contributed by atoms with Crippen molar-refractivity contribution in [2.24, 2.45) is 0 Å². The van der Waals surface area contributed by atoms with Crippen LogP contribution in [0.3, 0.4) is 0 Å². The molecule has 1 atom stereocenters. The lowest BCUT2D eigenvalue weighted by atomic mass is 9.94. The minimum atomic E-state index is -0.215. The van der Waals surface area contributed by atoms with Gasteiger partial charge in [-0.1, -0.05) is 0 Å². The Morgan fingerprint density at radius 2 is 2.23 bits per heavy atom. The number of hydrogen-bond donors (Lipinski definition) is 2. The Morgan fingerprint density at radius 1 is 1.39 bits per heavy atom. The molecule has 0 aromatic carbocycles. The van der Waals surface area contributed by atoms with Crippen molar-refractivity contribution in [3.63, 3.8) is 0 Å². The number of hydrogen-bond acceptors (Lipinski definition) is 7. The summed E-state index contributed by atoms with van der Waals surface area (Å²) in [6.07, 6.45) is 5.65. The third kappa shape index (κ3) is 4.98. The number of ether oxygens (including phenoxy) is 1. The Kier molecular flexibility index (Phi) is 6.43. The molecule has 0 aliphatic carbocycles. The van der Waals surface area contributed by atoms with Gasteiger partial charge in [-0.15, -0.1) is 11.3 Å². The summed E-state index contributed by atoms with van der Waals surface area (Å²) in [7, 11) is 0. The second kappa shape index (κ2) is 9.08. The molecule has 8 nitrogen and oxygen atoms in total. The number of rotatable bonds is 7. The zero-order chi connectivity index (χ0) is 22.0. The Bertz CT molecular complexity index is 973. The average Bonchev–Trinajstić information content (AvgIpc) is 3.28. The highest BCUT2D eigenvalue weighted by molar-refractivity contribution is 7.20. The molecule has 2 amide bonds. The molecule has 2 aromatic heterocycles. The predicted octanol–water partition coefficient (Wildman–Crippen LogP) is 3.11. The molecule has 9 heteroatoms. The van der Waals surface area contributed by atoms with E-state index in [1.807, 2.05) is 11.8 Å². The van der Waals surface area contributed by atoms with Gasteiger partial charge in [0.25, 0.3) is 5.91 Å². The number of thiophene rings is 1. The normalized spacial score (nSPS) is 20.9. The van der Waals surface area contributed by atoms with Crippen LogP contribution in [-0.4, -0.2) is 64.6 Å². The molecule has 2 saturated heterocycles. The molecule has 0 saturated carbocycles. The van der Waals surface area contributed by atoms with Crippen molar-refractivity contribution < 1.29 is 14.3 Å². The van der Waals surface area contributed by atoms with Gasteiger partial charge >= 0.3 is 0 Å². The summed E-state index contributed by atoms with van der Waals surface area (Å²) in [6, 6.07) is 0.109. The summed E-state index contributed by atoms with van der Waals surface area (Å²) in [5, 5.41) is 7.47. The zero-order valence-corrected chi connectivity index (χ0v) is 19.3. The van der Waals surface area contributed by atoms with E-state index in [-0.39, 0.29) is 23.5 Å². The van der Waals surface area contributed by atoms with Gasteiger partial charge in [-0.25, -0.2) is 9.97 Å². The maximum Gasteiger partial charge on any atom is 0.261 e. The fourth-order valence-corrected chi connectivity index (χ4v) is 5.50. The van der Waals surface area contributed by atoms with Crippen LogP contribution in [0.4, 0.5) is 5.82 Å². The van der Waals surface area contributed by atoms with Crippen LogP contribution >= 0.6 is 11.3 Å². The third-order valence-corrected chi connectivity index (χ3v) is 7.23. The second-order valence-corrected chi connectivity index (χ2v) is 9.99. The van der Waals surface area contributed by atoms with E-state index < -0.39 is 0 Å². The summed E-state index contributed by atoms with van der Waals surface area (Å²) in [6.45, 7) is 9.07. The van der Waals surface area contributed by atoms with E-state index in [0.29, 0.717) is 24.4 Å². The minimum Gasteiger partial charge on any atom is -0.375 e. The van der Waals surface area contributed by atoms with Gasteiger partial charge in [0.05, 0.1) is 15.9 Å². The Morgan fingerprint density at radius 3 is 2.97 bits per heavy atom. The number of carbonyl (C=O) groups is 2. The number of anilines is 1. The Balaban J connectivity index is 1.42. The number of fused-ring (bicyclic) bond motifs is 1. The summed E-state index contributed by atoms with van der Waals surface area (Å²) >= 11 is 1.41. The van der Waals surface area contributed by atoms with Crippen LogP contribution < -0.4 is 10.6 Å². The van der Waals surface area contributed by atoms with Crippen molar-refractivity contribution in [2.75, 3.05) is 31.6 Å². The molecule has 2 aliphatic rings. The summed E-state index contributed by atoms with van der Waals surface area (Å²) in [4.78, 5) is 37.0. The molecule has 31 heavy (non-hydrogen) atoms. The maximum atomic E-state index is 13.0. The zero-order valence-electron chi connectivity index (χ0n) is 18.5. The first kappa shape index (κ1) is 22.0. The van der Waals surface area contributed by atoms with Crippen molar-refractivity contribution in [1.29, 1.82) is 0 Å². The molecule has 2 aromatic rings. The number of carbonyl (C=O) groups excluding carboxylic acids is 2. The van der Waals surface area contributed by atoms with Gasteiger partial charge in [0.1, 0.15) is 17.0 Å². The monoisotopic (exact) mass is 445 g/mol. The number of amides is 2. The van der Waals surface area contributed by atoms with Crippen LogP contribution in [0.2, 0.25) is 0 Å². The molecule has 4 rings (SSSR count). The topological polar surface area (TPSA) is 96.4 Å². The quantitative estimate of drug-likeness (QED) is 0.636. The highest BCUT2D eigenvalue weighted by Gasteiger charge is 2.30. The molecule has 2 N–H and O–H groups in total. The number of likely N-dealkylation sites (tertiary alicyclic amines) is 1. The van der Waals surface area contributed by atoms with E-state index in [4.69, 9.17) is 4.74 Å². The third-order valence-electron chi connectivity index (χ3n) is 6.03. The van der Waals surface area contributed by atoms with Gasteiger partial charge in [0.2, 0.25) is 5.91 Å². The first-order chi connectivity index (χ1) is 14.8. The van der Waals surface area contributed by atoms with Crippen molar-refractivity contribution in [1.82, 2.24) is 20.2 Å². The van der Waals surface area contributed by atoms with Gasteiger partial charge in [-0.3, -0.25) is 9.59 Å². The fraction of sp³-hybridized carbons (Fsp3) is 0.636. The molecule has 0 spiro atoms. The molecule has 168 valence electrons. The van der Waals surface area contributed by atoms with Gasteiger partial charge in [0, 0.05) is 38.7 Å². The molecule has 2 aliphatic heterocycles. The van der Waals surface area contributed by atoms with E-state index in [9.17, 15) is 9.59 Å². The number of aromatic nitrogens is 2. The highest BCUT2D eigenvalue weighted by atomic mass is 32.1. The SMILES string of the molecule is Cc1c(C(=O)N[C@H]2CCOC(C)(C)C2)sc2ncnc(NCCCN3CCCC3=O)c12. The van der Waals surface area contributed by atoms with Gasteiger partial charge in [-0.2, -0.15) is 0 Å². The molecule has 0 radical (unpaired) electrons. The van der Waals surface area contributed by atoms with E-state index >= 15 is 0 Å². The van der Waals surface area contributed by atoms with Crippen LogP contribution in [0, 0.1) is 6.92 Å². The first-order valence-corrected chi connectivity index (χ1v) is 11.9. The van der Waals surface area contributed by atoms with Crippen molar-refractivity contribution in [2.45, 2.75) is 64.5 Å². The molecular formula is C22H31N5O3S. The molecular weight excluding hydrogens is 414 g/mol. The average molecular weight is 446 g/mol. The smallest absolute Gasteiger partial charge is 0.261 e. The summed E-state index contributed by atoms with van der Waals surface area (Å²) in [5.74, 6) is 0.945. The van der Waals surface area contributed by atoms with Gasteiger partial charge < -0.3 is 20.3 Å². The fourth-order valence-electron chi connectivity index (χ4n) is 4.45. The first-order valence-electron chi connectivity index (χ1n) is 11.0. The lowest BCUT2D eigenvalue weighted by Crippen LogP contribution is -2.45. The minimum absolute atomic E-state index is 0.0540. The number of nitrogens with zero attached hydrogens (tertiary/aromatic N) is 3. The van der Waals surface area contributed by atoms with E-state index in [1.165, 1.54) is 17.7 Å². The van der Waals surface area contributed by atoms with E-state index in [0.717, 1.165) is 60.4 Å². The van der Waals surface area contributed by atoms with Crippen LogP contribution in [0.15, 0.2) is 6.33 Å². The van der Waals surface area contributed by atoms with Crippen LogP contribution in [0.25, 0.3) is 10.2 Å². The van der Waals surface area contributed by atoms with Crippen LogP contribution in [0.1, 0.15) is 61.2 Å². The Labute approximate surface area is 186 Å². The summed E-state index contributed by atoms with van der Waals surface area (Å²) in [5.41, 5.74) is 0.690. The van der Waals surface area contributed by atoms with Crippen molar-refractivity contribution in [3.8, 4) is 0 Å². The standard InChI is InChI=1S/C22H31N5O3S/c1-14-17-19(23-8-5-10-27-9-4-6-16(27)28)24-13-25-21(17)31-18(14)20(29)26-15-7-11-30-22(2,3)12-15/h13,15H,4-12H2,1-3H3,(H,26,29)(H,23,24,25)/t15-/m0/s1. The lowest BCUT2D eigenvalue weighted by molar-refractivity contribution is -0.127. The van der Waals surface area contributed by atoms with E-state index in [1.54, 1.807) is 0 Å². The second-order valence-electron chi connectivity index (χ2n) is 8.99. The van der Waals surface area contributed by atoms with Gasteiger partial charge in [-0.05, 0) is 52.0 Å².